The van der Waals surface area contributed by atoms with Crippen LogP contribution in [0.1, 0.15) is 46.5 Å². The number of epoxide rings is 1. The summed E-state index contributed by atoms with van der Waals surface area (Å²) < 4.78 is 6.02. The van der Waals surface area contributed by atoms with Gasteiger partial charge in [-0.3, -0.25) is 0 Å². The summed E-state index contributed by atoms with van der Waals surface area (Å²) in [4.78, 5) is 0. The minimum absolute atomic E-state index is 0.0204. The molecular weight excluding hydrogens is 228 g/mol. The summed E-state index contributed by atoms with van der Waals surface area (Å²) in [6, 6.07) is 0. The van der Waals surface area contributed by atoms with Gasteiger partial charge >= 0.3 is 0 Å². The average Bonchev–Trinajstić information content (AvgIpc) is 2.94. The molecule has 1 aliphatic heterocycles. The van der Waals surface area contributed by atoms with Gasteiger partial charge in [0.15, 0.2) is 0 Å². The summed E-state index contributed by atoms with van der Waals surface area (Å²) >= 11 is 0. The molecule has 0 aromatic heterocycles. The molecule has 102 valence electrons. The van der Waals surface area contributed by atoms with Gasteiger partial charge in [0.2, 0.25) is 0 Å². The molecule has 3 saturated carbocycles. The molecule has 6 atom stereocenters. The van der Waals surface area contributed by atoms with Gasteiger partial charge in [-0.15, -0.1) is 0 Å². The number of rotatable bonds is 1. The first-order valence-electron chi connectivity index (χ1n) is 7.31. The van der Waals surface area contributed by atoms with E-state index >= 15 is 0 Å². The maximum atomic E-state index is 10.7. The predicted molar refractivity (Wildman–Crippen MR) is 67.0 cm³/mol. The van der Waals surface area contributed by atoms with E-state index in [1.54, 1.807) is 0 Å². The normalized spacial score (nSPS) is 63.5. The monoisotopic (exact) mass is 252 g/mol. The Morgan fingerprint density at radius 2 is 1.89 bits per heavy atom. The van der Waals surface area contributed by atoms with Gasteiger partial charge in [0, 0.05) is 5.41 Å². The van der Waals surface area contributed by atoms with Crippen LogP contribution in [0.4, 0.5) is 0 Å². The first-order chi connectivity index (χ1) is 8.32. The van der Waals surface area contributed by atoms with Crippen LogP contribution in [0.3, 0.4) is 0 Å². The van der Waals surface area contributed by atoms with Crippen molar-refractivity contribution in [3.8, 4) is 0 Å². The van der Waals surface area contributed by atoms with E-state index in [0.717, 1.165) is 12.8 Å². The molecule has 3 nitrogen and oxygen atoms in total. The molecule has 1 saturated heterocycles. The van der Waals surface area contributed by atoms with Crippen molar-refractivity contribution in [1.82, 2.24) is 0 Å². The summed E-state index contributed by atoms with van der Waals surface area (Å²) in [5.41, 5.74) is -0.311. The van der Waals surface area contributed by atoms with Crippen LogP contribution < -0.4 is 0 Å². The van der Waals surface area contributed by atoms with Crippen LogP contribution in [0.5, 0.6) is 0 Å². The lowest BCUT2D eigenvalue weighted by Gasteiger charge is -2.57. The average molecular weight is 252 g/mol. The molecule has 0 unspecified atom stereocenters. The maximum Gasteiger partial charge on any atom is 0.147 e. The van der Waals surface area contributed by atoms with Crippen molar-refractivity contribution in [3.63, 3.8) is 0 Å². The Morgan fingerprint density at radius 3 is 2.44 bits per heavy atom. The standard InChI is InChI=1S/C15H24O3/c1-12(2)6-9-10(7-12)13(3)4-5-15(13)14(8-16,18-15)11(9)17/h9-11,16-17H,4-8H2,1-3H3/t9-,10+,11+,13-,14+,15-/m0/s1. The number of aliphatic hydroxyl groups is 2. The van der Waals surface area contributed by atoms with E-state index in [2.05, 4.69) is 20.8 Å². The predicted octanol–water partition coefficient (Wildman–Crippen LogP) is 1.71. The van der Waals surface area contributed by atoms with E-state index in [1.165, 1.54) is 12.8 Å². The molecule has 2 N–H and O–H groups in total. The third-order valence-electron chi connectivity index (χ3n) is 6.93. The molecule has 3 aliphatic carbocycles. The smallest absolute Gasteiger partial charge is 0.147 e. The fourth-order valence-corrected chi connectivity index (χ4v) is 5.92. The Balaban J connectivity index is 1.79. The lowest BCUT2D eigenvalue weighted by Crippen LogP contribution is -2.65. The van der Waals surface area contributed by atoms with Crippen molar-refractivity contribution >= 4 is 0 Å². The van der Waals surface area contributed by atoms with E-state index in [4.69, 9.17) is 4.74 Å². The number of hydrogen-bond acceptors (Lipinski definition) is 3. The zero-order valence-corrected chi connectivity index (χ0v) is 11.6. The highest BCUT2D eigenvalue weighted by Crippen LogP contribution is 2.80. The second-order valence-corrected chi connectivity index (χ2v) is 8.18. The molecule has 0 bridgehead atoms. The van der Waals surface area contributed by atoms with Gasteiger partial charge in [-0.2, -0.15) is 0 Å². The zero-order chi connectivity index (χ0) is 13.0. The van der Waals surface area contributed by atoms with E-state index in [1.807, 2.05) is 0 Å². The van der Waals surface area contributed by atoms with E-state index < -0.39 is 11.7 Å². The van der Waals surface area contributed by atoms with Crippen molar-refractivity contribution < 1.29 is 14.9 Å². The number of aliphatic hydroxyl groups excluding tert-OH is 2. The molecule has 1 heterocycles. The molecule has 4 fully saturated rings. The first kappa shape index (κ1) is 11.7. The minimum Gasteiger partial charge on any atom is -0.393 e. The van der Waals surface area contributed by atoms with Crippen LogP contribution in [0.25, 0.3) is 0 Å². The second kappa shape index (κ2) is 2.82. The van der Waals surface area contributed by atoms with Crippen molar-refractivity contribution in [1.29, 1.82) is 0 Å². The number of fused-ring (bicyclic) bond motifs is 2. The largest absolute Gasteiger partial charge is 0.393 e. The molecule has 0 amide bonds. The third-order valence-corrected chi connectivity index (χ3v) is 6.93. The summed E-state index contributed by atoms with van der Waals surface area (Å²) in [6.45, 7) is 6.93. The van der Waals surface area contributed by atoms with E-state index in [-0.39, 0.29) is 17.6 Å². The highest BCUT2D eigenvalue weighted by atomic mass is 16.7. The molecule has 4 aliphatic rings. The van der Waals surface area contributed by atoms with Crippen LogP contribution in [0, 0.1) is 22.7 Å². The van der Waals surface area contributed by atoms with Gasteiger partial charge < -0.3 is 14.9 Å². The fraction of sp³-hybridized carbons (Fsp3) is 1.00. The van der Waals surface area contributed by atoms with Crippen LogP contribution in [0.2, 0.25) is 0 Å². The zero-order valence-electron chi connectivity index (χ0n) is 11.6. The minimum atomic E-state index is -0.623. The third kappa shape index (κ3) is 0.918. The highest BCUT2D eigenvalue weighted by molar-refractivity contribution is 5.36. The molecule has 3 heteroatoms. The fourth-order valence-electron chi connectivity index (χ4n) is 5.92. The van der Waals surface area contributed by atoms with Gasteiger partial charge in [-0.05, 0) is 42.9 Å². The number of ether oxygens (including phenoxy) is 1. The summed E-state index contributed by atoms with van der Waals surface area (Å²) in [6.07, 6.45) is 4.00. The van der Waals surface area contributed by atoms with Crippen molar-refractivity contribution in [2.45, 2.75) is 63.8 Å². The first-order valence-corrected chi connectivity index (χ1v) is 7.31. The van der Waals surface area contributed by atoms with Gasteiger partial charge in [0.1, 0.15) is 11.2 Å². The second-order valence-electron chi connectivity index (χ2n) is 8.18. The van der Waals surface area contributed by atoms with Crippen LogP contribution in [-0.4, -0.2) is 34.1 Å². The van der Waals surface area contributed by atoms with Crippen LogP contribution in [-0.2, 0) is 4.74 Å². The van der Waals surface area contributed by atoms with Crippen molar-refractivity contribution in [2.75, 3.05) is 6.61 Å². The maximum absolute atomic E-state index is 10.7. The Morgan fingerprint density at radius 1 is 1.17 bits per heavy atom. The van der Waals surface area contributed by atoms with E-state index in [9.17, 15) is 10.2 Å². The van der Waals surface area contributed by atoms with Crippen LogP contribution in [0.15, 0.2) is 0 Å². The summed E-state index contributed by atoms with van der Waals surface area (Å²) in [5.74, 6) is 0.881. The molecule has 18 heavy (non-hydrogen) atoms. The topological polar surface area (TPSA) is 53.0 Å². The Hall–Kier alpha value is -0.120. The lowest BCUT2D eigenvalue weighted by atomic mass is 9.44. The Bertz CT molecular complexity index is 414. The highest BCUT2D eigenvalue weighted by Gasteiger charge is 2.89. The Kier molecular flexibility index (Phi) is 1.83. The van der Waals surface area contributed by atoms with Gasteiger partial charge in [-0.1, -0.05) is 20.8 Å². The SMILES string of the molecule is CC1(C)C[C@H]2[C@@H](C1)[C@]1(C)CC[C@]13O[C@]3(CO)[C@@H]2O. The Labute approximate surface area is 109 Å². The lowest BCUT2D eigenvalue weighted by molar-refractivity contribution is -0.116. The molecule has 4 rings (SSSR count). The quantitative estimate of drug-likeness (QED) is 0.699. The van der Waals surface area contributed by atoms with Crippen LogP contribution >= 0.6 is 0 Å². The molecule has 0 aromatic carbocycles. The molecule has 1 spiro atoms. The van der Waals surface area contributed by atoms with Gasteiger partial charge in [0.05, 0.1) is 12.7 Å². The summed E-state index contributed by atoms with van der Waals surface area (Å²) in [7, 11) is 0. The number of hydrogen-bond donors (Lipinski definition) is 2. The van der Waals surface area contributed by atoms with Gasteiger partial charge in [0.25, 0.3) is 0 Å². The summed E-state index contributed by atoms with van der Waals surface area (Å²) in [5, 5.41) is 20.5. The molecule has 0 radical (unpaired) electrons. The molecule has 0 aromatic rings. The van der Waals surface area contributed by atoms with E-state index in [0.29, 0.717) is 17.3 Å². The van der Waals surface area contributed by atoms with Crippen molar-refractivity contribution in [3.05, 3.63) is 0 Å². The van der Waals surface area contributed by atoms with Crippen molar-refractivity contribution in [2.24, 2.45) is 22.7 Å². The molecular formula is C15H24O3. The van der Waals surface area contributed by atoms with Gasteiger partial charge in [-0.25, -0.2) is 0 Å².